The highest BCUT2D eigenvalue weighted by molar-refractivity contribution is 7.89. The molecule has 7 heteroatoms. The van der Waals surface area contributed by atoms with Gasteiger partial charge in [-0.25, -0.2) is 8.42 Å². The molecule has 0 spiro atoms. The lowest BCUT2D eigenvalue weighted by atomic mass is 10.00. The van der Waals surface area contributed by atoms with Crippen molar-refractivity contribution in [1.82, 2.24) is 4.72 Å². The SMILES string of the molecule is O=[N+]([O-])c1ccc(S(=O)(=O)NC(c2ccccc2)c2ccccc2)cc1. The number of sulfonamides is 1. The van der Waals surface area contributed by atoms with E-state index in [-0.39, 0.29) is 10.6 Å². The van der Waals surface area contributed by atoms with Crippen LogP contribution in [0.4, 0.5) is 5.69 Å². The lowest BCUT2D eigenvalue weighted by Crippen LogP contribution is -2.29. The molecule has 0 atom stereocenters. The first-order valence-corrected chi connectivity index (χ1v) is 9.32. The number of hydrogen-bond acceptors (Lipinski definition) is 4. The van der Waals surface area contributed by atoms with Gasteiger partial charge in [0.25, 0.3) is 5.69 Å². The molecule has 0 radical (unpaired) electrons. The molecule has 0 aliphatic heterocycles. The fraction of sp³-hybridized carbons (Fsp3) is 0.0526. The van der Waals surface area contributed by atoms with Gasteiger partial charge in [-0.3, -0.25) is 10.1 Å². The first-order chi connectivity index (χ1) is 12.5. The predicted octanol–water partition coefficient (Wildman–Crippen LogP) is 3.66. The minimum Gasteiger partial charge on any atom is -0.258 e. The van der Waals surface area contributed by atoms with Crippen molar-refractivity contribution in [3.8, 4) is 0 Å². The average Bonchev–Trinajstić information content (AvgIpc) is 2.67. The van der Waals surface area contributed by atoms with Gasteiger partial charge in [0.1, 0.15) is 0 Å². The third-order valence-corrected chi connectivity index (χ3v) is 5.34. The van der Waals surface area contributed by atoms with E-state index in [0.29, 0.717) is 0 Å². The molecule has 0 heterocycles. The number of non-ortho nitro benzene ring substituents is 1. The van der Waals surface area contributed by atoms with Crippen molar-refractivity contribution >= 4 is 15.7 Å². The van der Waals surface area contributed by atoms with E-state index < -0.39 is 21.0 Å². The van der Waals surface area contributed by atoms with E-state index in [1.807, 2.05) is 60.7 Å². The summed E-state index contributed by atoms with van der Waals surface area (Å²) >= 11 is 0. The molecular weight excluding hydrogens is 352 g/mol. The Kier molecular flexibility index (Phi) is 5.11. The Morgan fingerprint density at radius 1 is 0.769 bits per heavy atom. The van der Waals surface area contributed by atoms with Crippen molar-refractivity contribution < 1.29 is 13.3 Å². The van der Waals surface area contributed by atoms with E-state index >= 15 is 0 Å². The van der Waals surface area contributed by atoms with Crippen LogP contribution < -0.4 is 4.72 Å². The van der Waals surface area contributed by atoms with Crippen LogP contribution in [0.1, 0.15) is 17.2 Å². The number of nitro benzene ring substituents is 1. The maximum absolute atomic E-state index is 12.8. The molecule has 3 rings (SSSR count). The van der Waals surface area contributed by atoms with Crippen molar-refractivity contribution in [3.63, 3.8) is 0 Å². The average molecular weight is 368 g/mol. The summed E-state index contributed by atoms with van der Waals surface area (Å²) < 4.78 is 28.3. The van der Waals surface area contributed by atoms with Crippen molar-refractivity contribution in [2.24, 2.45) is 0 Å². The number of rotatable bonds is 6. The van der Waals surface area contributed by atoms with Crippen molar-refractivity contribution in [2.45, 2.75) is 10.9 Å². The summed E-state index contributed by atoms with van der Waals surface area (Å²) in [5.41, 5.74) is 1.43. The normalized spacial score (nSPS) is 11.4. The summed E-state index contributed by atoms with van der Waals surface area (Å²) in [6.45, 7) is 0. The molecule has 0 unspecified atom stereocenters. The second-order valence-electron chi connectivity index (χ2n) is 5.63. The minimum absolute atomic E-state index is 0.0278. The highest BCUT2D eigenvalue weighted by Gasteiger charge is 2.23. The van der Waals surface area contributed by atoms with Gasteiger partial charge in [0.05, 0.1) is 15.9 Å². The summed E-state index contributed by atoms with van der Waals surface area (Å²) in [5, 5.41) is 10.8. The summed E-state index contributed by atoms with van der Waals surface area (Å²) in [4.78, 5) is 10.2. The molecule has 0 aliphatic carbocycles. The molecule has 3 aromatic carbocycles. The van der Waals surface area contributed by atoms with Gasteiger partial charge in [-0.1, -0.05) is 60.7 Å². The predicted molar refractivity (Wildman–Crippen MR) is 98.1 cm³/mol. The molecule has 0 saturated heterocycles. The Morgan fingerprint density at radius 3 is 1.65 bits per heavy atom. The van der Waals surface area contributed by atoms with Crippen LogP contribution in [0.25, 0.3) is 0 Å². The summed E-state index contributed by atoms with van der Waals surface area (Å²) in [6, 6.07) is 22.7. The molecule has 6 nitrogen and oxygen atoms in total. The second kappa shape index (κ2) is 7.47. The first kappa shape index (κ1) is 17.8. The fourth-order valence-electron chi connectivity index (χ4n) is 2.59. The van der Waals surface area contributed by atoms with Gasteiger partial charge in [0, 0.05) is 12.1 Å². The standard InChI is InChI=1S/C19H16N2O4S/c22-21(23)17-11-13-18(14-12-17)26(24,25)20-19(15-7-3-1-4-8-15)16-9-5-2-6-10-16/h1-14,19-20H. The smallest absolute Gasteiger partial charge is 0.258 e. The number of nitrogens with one attached hydrogen (secondary N) is 1. The molecule has 0 aromatic heterocycles. The molecule has 26 heavy (non-hydrogen) atoms. The van der Waals surface area contributed by atoms with Gasteiger partial charge < -0.3 is 0 Å². The Balaban J connectivity index is 1.97. The first-order valence-electron chi connectivity index (χ1n) is 7.84. The van der Waals surface area contributed by atoms with Gasteiger partial charge in [-0.2, -0.15) is 4.72 Å². The summed E-state index contributed by atoms with van der Waals surface area (Å²) in [5.74, 6) is 0. The summed E-state index contributed by atoms with van der Waals surface area (Å²) in [7, 11) is -3.87. The Morgan fingerprint density at radius 2 is 1.23 bits per heavy atom. The van der Waals surface area contributed by atoms with Gasteiger partial charge in [-0.05, 0) is 23.3 Å². The molecule has 0 saturated carbocycles. The van der Waals surface area contributed by atoms with E-state index in [4.69, 9.17) is 0 Å². The van der Waals surface area contributed by atoms with Crippen LogP contribution in [-0.4, -0.2) is 13.3 Å². The highest BCUT2D eigenvalue weighted by Crippen LogP contribution is 2.25. The van der Waals surface area contributed by atoms with E-state index in [9.17, 15) is 18.5 Å². The lowest BCUT2D eigenvalue weighted by Gasteiger charge is -2.20. The number of hydrogen-bond donors (Lipinski definition) is 1. The highest BCUT2D eigenvalue weighted by atomic mass is 32.2. The van der Waals surface area contributed by atoms with Crippen molar-refractivity contribution in [1.29, 1.82) is 0 Å². The van der Waals surface area contributed by atoms with Crippen LogP contribution in [0.2, 0.25) is 0 Å². The maximum Gasteiger partial charge on any atom is 0.269 e. The van der Waals surface area contributed by atoms with Crippen LogP contribution in [0.15, 0.2) is 89.8 Å². The van der Waals surface area contributed by atoms with Crippen molar-refractivity contribution in [2.75, 3.05) is 0 Å². The Hall–Kier alpha value is -3.03. The molecule has 0 aliphatic rings. The van der Waals surface area contributed by atoms with E-state index in [1.54, 1.807) is 0 Å². The number of nitro groups is 1. The molecule has 132 valence electrons. The zero-order chi connectivity index (χ0) is 18.6. The number of nitrogens with zero attached hydrogens (tertiary/aromatic N) is 1. The van der Waals surface area contributed by atoms with Gasteiger partial charge in [0.2, 0.25) is 10.0 Å². The molecule has 0 amide bonds. The van der Waals surface area contributed by atoms with Gasteiger partial charge in [0.15, 0.2) is 0 Å². The lowest BCUT2D eigenvalue weighted by molar-refractivity contribution is -0.384. The van der Waals surface area contributed by atoms with E-state index in [2.05, 4.69) is 4.72 Å². The van der Waals surface area contributed by atoms with Crippen LogP contribution in [-0.2, 0) is 10.0 Å². The third-order valence-electron chi connectivity index (χ3n) is 3.90. The van der Waals surface area contributed by atoms with Crippen molar-refractivity contribution in [3.05, 3.63) is 106 Å². The van der Waals surface area contributed by atoms with E-state index in [1.165, 1.54) is 24.3 Å². The Labute approximate surface area is 151 Å². The van der Waals surface area contributed by atoms with Gasteiger partial charge in [-0.15, -0.1) is 0 Å². The van der Waals surface area contributed by atoms with Crippen LogP contribution >= 0.6 is 0 Å². The largest absolute Gasteiger partial charge is 0.269 e. The second-order valence-corrected chi connectivity index (χ2v) is 7.34. The van der Waals surface area contributed by atoms with Crippen LogP contribution in [0.5, 0.6) is 0 Å². The molecule has 3 aromatic rings. The minimum atomic E-state index is -3.87. The van der Waals surface area contributed by atoms with Crippen LogP contribution in [0, 0.1) is 10.1 Å². The van der Waals surface area contributed by atoms with E-state index in [0.717, 1.165) is 11.1 Å². The number of benzene rings is 3. The third kappa shape index (κ3) is 3.96. The van der Waals surface area contributed by atoms with Crippen LogP contribution in [0.3, 0.4) is 0 Å². The zero-order valence-electron chi connectivity index (χ0n) is 13.6. The maximum atomic E-state index is 12.8. The zero-order valence-corrected chi connectivity index (χ0v) is 14.5. The summed E-state index contributed by atoms with van der Waals surface area (Å²) in [6.07, 6.45) is 0. The monoisotopic (exact) mass is 368 g/mol. The molecular formula is C19H16N2O4S. The molecule has 1 N–H and O–H groups in total. The topological polar surface area (TPSA) is 89.3 Å². The Bertz CT molecular complexity index is 949. The fourth-order valence-corrected chi connectivity index (χ4v) is 3.80. The van der Waals surface area contributed by atoms with Gasteiger partial charge >= 0.3 is 0 Å². The molecule has 0 fully saturated rings. The molecule has 0 bridgehead atoms. The quantitative estimate of drug-likeness (QED) is 0.531.